The summed E-state index contributed by atoms with van der Waals surface area (Å²) in [7, 11) is 0.797. The Hall–Kier alpha value is -2.28. The molecule has 10 heteroatoms. The molecule has 29 heavy (non-hydrogen) atoms. The highest BCUT2D eigenvalue weighted by Gasteiger charge is 2.63. The zero-order valence-corrected chi connectivity index (χ0v) is 17.7. The molecular weight excluding hydrogens is 407 g/mol. The molecule has 0 saturated heterocycles. The molecule has 0 radical (unpaired) electrons. The van der Waals surface area contributed by atoms with E-state index in [2.05, 4.69) is 30.8 Å². The fraction of sp³-hybridized carbons (Fsp3) is 0.632. The summed E-state index contributed by atoms with van der Waals surface area (Å²) in [4.78, 5) is 24.5. The van der Waals surface area contributed by atoms with Gasteiger partial charge in [0.15, 0.2) is 0 Å². The quantitative estimate of drug-likeness (QED) is 0.560. The van der Waals surface area contributed by atoms with Crippen LogP contribution in [-0.2, 0) is 27.2 Å². The fourth-order valence-corrected chi connectivity index (χ4v) is 4.84. The molecule has 160 valence electrons. The molecule has 0 unspecified atom stereocenters. The molecule has 1 amide bonds. The summed E-state index contributed by atoms with van der Waals surface area (Å²) >= 11 is 1.01. The van der Waals surface area contributed by atoms with Crippen molar-refractivity contribution in [2.75, 3.05) is 12.4 Å². The number of nitrogens with one attached hydrogen (secondary N) is 2. The number of hydrogen-bond donors (Lipinski definition) is 2. The SMILES string of the molecule is COC(=O)[C@](NC(C)=O)(Nc1sc2c(c1C#N)CC[C@@H](C(C)(C)C)C2)C(F)(F)F. The van der Waals surface area contributed by atoms with E-state index < -0.39 is 23.7 Å². The van der Waals surface area contributed by atoms with Gasteiger partial charge in [0.25, 0.3) is 0 Å². The molecule has 1 aromatic rings. The lowest BCUT2D eigenvalue weighted by atomic mass is 9.72. The van der Waals surface area contributed by atoms with Crippen LogP contribution in [0.1, 0.15) is 50.1 Å². The van der Waals surface area contributed by atoms with Crippen LogP contribution in [0.25, 0.3) is 0 Å². The van der Waals surface area contributed by atoms with E-state index in [1.165, 1.54) is 0 Å². The third-order valence-electron chi connectivity index (χ3n) is 5.18. The standard InChI is InChI=1S/C19H24F3N3O3S/c1-10(26)24-18(16(27)28-5,19(20,21)22)25-15-13(9-23)12-7-6-11(17(2,3)4)8-14(12)29-15/h11,25H,6-8H2,1-5H3,(H,24,26)/t11-,18+/m1/s1. The first-order valence-corrected chi connectivity index (χ1v) is 9.85. The van der Waals surface area contributed by atoms with Crippen molar-refractivity contribution >= 4 is 28.2 Å². The number of carbonyl (C=O) groups excluding carboxylic acids is 2. The van der Waals surface area contributed by atoms with E-state index in [4.69, 9.17) is 0 Å². The van der Waals surface area contributed by atoms with Gasteiger partial charge in [0, 0.05) is 11.8 Å². The highest BCUT2D eigenvalue weighted by atomic mass is 32.1. The lowest BCUT2D eigenvalue weighted by molar-refractivity contribution is -0.206. The first kappa shape index (κ1) is 23.0. The molecule has 2 N–H and O–H groups in total. The molecule has 1 aliphatic carbocycles. The summed E-state index contributed by atoms with van der Waals surface area (Å²) in [6.07, 6.45) is -3.20. The molecule has 0 aromatic carbocycles. The fourth-order valence-electron chi connectivity index (χ4n) is 3.51. The van der Waals surface area contributed by atoms with Crippen molar-refractivity contribution in [1.82, 2.24) is 5.32 Å². The van der Waals surface area contributed by atoms with Gasteiger partial charge in [-0.25, -0.2) is 4.79 Å². The second-order valence-electron chi connectivity index (χ2n) is 8.17. The maximum Gasteiger partial charge on any atom is 0.441 e. The van der Waals surface area contributed by atoms with E-state index in [1.807, 2.05) is 6.07 Å². The average molecular weight is 431 g/mol. The number of ether oxygens (including phenoxy) is 1. The molecule has 0 spiro atoms. The van der Waals surface area contributed by atoms with E-state index in [-0.39, 0.29) is 16.0 Å². The first-order chi connectivity index (χ1) is 13.3. The Morgan fingerprint density at radius 1 is 1.28 bits per heavy atom. The zero-order valence-electron chi connectivity index (χ0n) is 16.9. The van der Waals surface area contributed by atoms with Crippen LogP contribution >= 0.6 is 11.3 Å². The van der Waals surface area contributed by atoms with E-state index in [0.717, 1.165) is 36.7 Å². The number of rotatable bonds is 4. The van der Waals surface area contributed by atoms with E-state index in [9.17, 15) is 28.0 Å². The number of fused-ring (bicyclic) bond motifs is 1. The lowest BCUT2D eigenvalue weighted by Gasteiger charge is -2.34. The minimum absolute atomic E-state index is 0.0139. The second kappa shape index (κ2) is 7.86. The van der Waals surface area contributed by atoms with Crippen LogP contribution in [-0.4, -0.2) is 30.8 Å². The number of nitrogens with zero attached hydrogens (tertiary/aromatic N) is 1. The van der Waals surface area contributed by atoms with Gasteiger partial charge in [-0.2, -0.15) is 18.4 Å². The van der Waals surface area contributed by atoms with Gasteiger partial charge in [0.1, 0.15) is 11.1 Å². The molecule has 1 aromatic heterocycles. The maximum absolute atomic E-state index is 13.9. The predicted molar refractivity (Wildman–Crippen MR) is 102 cm³/mol. The smallest absolute Gasteiger partial charge is 0.441 e. The Morgan fingerprint density at radius 2 is 1.90 bits per heavy atom. The monoisotopic (exact) mass is 431 g/mol. The van der Waals surface area contributed by atoms with Crippen LogP contribution in [0.15, 0.2) is 0 Å². The van der Waals surface area contributed by atoms with Crippen LogP contribution in [0.3, 0.4) is 0 Å². The average Bonchev–Trinajstić information content (AvgIpc) is 2.94. The van der Waals surface area contributed by atoms with E-state index >= 15 is 0 Å². The third-order valence-corrected chi connectivity index (χ3v) is 6.35. The van der Waals surface area contributed by atoms with Crippen molar-refractivity contribution in [2.24, 2.45) is 11.3 Å². The van der Waals surface area contributed by atoms with Crippen LogP contribution in [0.5, 0.6) is 0 Å². The molecule has 1 heterocycles. The summed E-state index contributed by atoms with van der Waals surface area (Å²) in [6, 6.07) is 1.96. The minimum Gasteiger partial charge on any atom is -0.466 e. The number of nitriles is 1. The second-order valence-corrected chi connectivity index (χ2v) is 9.28. The number of amides is 1. The number of methoxy groups -OCH3 is 1. The topological polar surface area (TPSA) is 91.2 Å². The zero-order chi connectivity index (χ0) is 22.2. The van der Waals surface area contributed by atoms with Crippen LogP contribution in [0.2, 0.25) is 0 Å². The molecule has 0 aliphatic heterocycles. The van der Waals surface area contributed by atoms with Gasteiger partial charge in [-0.05, 0) is 36.2 Å². The molecule has 1 aliphatic rings. The lowest BCUT2D eigenvalue weighted by Crippen LogP contribution is -2.69. The van der Waals surface area contributed by atoms with Crippen molar-refractivity contribution in [1.29, 1.82) is 5.26 Å². The summed E-state index contributed by atoms with van der Waals surface area (Å²) < 4.78 is 46.2. The van der Waals surface area contributed by atoms with Gasteiger partial charge >= 0.3 is 17.8 Å². The molecule has 6 nitrogen and oxygen atoms in total. The number of esters is 1. The molecule has 2 atom stereocenters. The number of halogens is 3. The third kappa shape index (κ3) is 4.34. The van der Waals surface area contributed by atoms with E-state index in [0.29, 0.717) is 24.3 Å². The molecule has 2 rings (SSSR count). The van der Waals surface area contributed by atoms with Crippen molar-refractivity contribution < 1.29 is 27.5 Å². The molecular formula is C19H24F3N3O3S. The Morgan fingerprint density at radius 3 is 2.34 bits per heavy atom. The van der Waals surface area contributed by atoms with Crippen LogP contribution in [0, 0.1) is 22.7 Å². The van der Waals surface area contributed by atoms with Gasteiger partial charge in [-0.1, -0.05) is 20.8 Å². The number of carbonyl (C=O) groups is 2. The maximum atomic E-state index is 13.9. The number of hydrogen-bond acceptors (Lipinski definition) is 6. The van der Waals surface area contributed by atoms with Crippen molar-refractivity contribution in [3.8, 4) is 6.07 Å². The summed E-state index contributed by atoms with van der Waals surface area (Å²) in [5, 5.41) is 13.2. The van der Waals surface area contributed by atoms with Crippen LogP contribution < -0.4 is 10.6 Å². The Bertz CT molecular complexity index is 852. The Kier molecular flexibility index (Phi) is 6.23. The molecule has 0 fully saturated rings. The Balaban J connectivity index is 2.56. The summed E-state index contributed by atoms with van der Waals surface area (Å²) in [6.45, 7) is 7.17. The van der Waals surface area contributed by atoms with Crippen LogP contribution in [0.4, 0.5) is 18.2 Å². The normalized spacial score (nSPS) is 18.8. The van der Waals surface area contributed by atoms with Gasteiger partial charge in [0.2, 0.25) is 5.91 Å². The van der Waals surface area contributed by atoms with E-state index in [1.54, 1.807) is 5.32 Å². The molecule has 0 saturated carbocycles. The summed E-state index contributed by atoms with van der Waals surface area (Å²) in [5.41, 5.74) is -2.71. The number of alkyl halides is 3. The largest absolute Gasteiger partial charge is 0.466 e. The highest BCUT2D eigenvalue weighted by Crippen LogP contribution is 2.45. The summed E-state index contributed by atoms with van der Waals surface area (Å²) in [5.74, 6) is -2.48. The van der Waals surface area contributed by atoms with Crippen molar-refractivity contribution in [3.63, 3.8) is 0 Å². The molecule has 0 bridgehead atoms. The van der Waals surface area contributed by atoms with Gasteiger partial charge < -0.3 is 15.4 Å². The van der Waals surface area contributed by atoms with Gasteiger partial charge in [0.05, 0.1) is 12.7 Å². The highest BCUT2D eigenvalue weighted by molar-refractivity contribution is 7.16. The van der Waals surface area contributed by atoms with Gasteiger partial charge in [-0.3, -0.25) is 4.79 Å². The van der Waals surface area contributed by atoms with Crippen molar-refractivity contribution in [3.05, 3.63) is 16.0 Å². The van der Waals surface area contributed by atoms with Gasteiger partial charge in [-0.15, -0.1) is 11.3 Å². The number of anilines is 1. The Labute approximate surface area is 171 Å². The number of thiophene rings is 1. The first-order valence-electron chi connectivity index (χ1n) is 9.03. The van der Waals surface area contributed by atoms with Crippen molar-refractivity contribution in [2.45, 2.75) is 58.8 Å². The predicted octanol–water partition coefficient (Wildman–Crippen LogP) is 3.75. The minimum atomic E-state index is -5.21.